The monoisotopic (exact) mass is 283 g/mol. The van der Waals surface area contributed by atoms with Crippen LogP contribution in [0.1, 0.15) is 51.6 Å². The molecule has 0 aliphatic heterocycles. The van der Waals surface area contributed by atoms with E-state index in [0.717, 1.165) is 5.56 Å². The Hall–Kier alpha value is -1.36. The fourth-order valence-corrected chi connectivity index (χ4v) is 2.84. The summed E-state index contributed by atoms with van der Waals surface area (Å²) in [7, 11) is 0. The van der Waals surface area contributed by atoms with E-state index in [-0.39, 0.29) is 18.4 Å². The molecule has 0 saturated heterocycles. The van der Waals surface area contributed by atoms with Crippen LogP contribution in [0.4, 0.5) is 0 Å². The lowest BCUT2D eigenvalue weighted by atomic mass is 9.79. The zero-order chi connectivity index (χ0) is 14.5. The lowest BCUT2D eigenvalue weighted by molar-refractivity contribution is -0.152. The first kappa shape index (κ1) is 15.7. The molecule has 0 fully saturated rings. The quantitative estimate of drug-likeness (QED) is 0.807. The first-order valence-corrected chi connectivity index (χ1v) is 7.44. The summed E-state index contributed by atoms with van der Waals surface area (Å²) in [5.74, 6) is -1.10. The molecule has 5 heteroatoms. The fraction of sp³-hybridized carbons (Fsp3) is 0.571. The van der Waals surface area contributed by atoms with Gasteiger partial charge in [-0.15, -0.1) is 0 Å². The normalized spacial score (nSPS) is 13.0. The smallest absolute Gasteiger partial charge is 0.310 e. The number of thiophene rings is 1. The molecule has 4 nitrogen and oxygen atoms in total. The maximum Gasteiger partial charge on any atom is 0.310 e. The summed E-state index contributed by atoms with van der Waals surface area (Å²) in [6, 6.07) is 1.87. The Labute approximate surface area is 117 Å². The van der Waals surface area contributed by atoms with Gasteiger partial charge in [-0.05, 0) is 42.2 Å². The molecule has 1 rings (SSSR count). The third kappa shape index (κ3) is 3.80. The van der Waals surface area contributed by atoms with Crippen molar-refractivity contribution in [3.8, 4) is 0 Å². The van der Waals surface area contributed by atoms with Crippen molar-refractivity contribution in [2.75, 3.05) is 0 Å². The minimum atomic E-state index is -0.946. The number of carbonyl (C=O) groups is 2. The minimum Gasteiger partial charge on any atom is -0.481 e. The molecule has 0 bridgehead atoms. The molecule has 1 aromatic heterocycles. The highest BCUT2D eigenvalue weighted by atomic mass is 32.1. The number of hydrogen-bond donors (Lipinski definition) is 2. The molecule has 1 unspecified atom stereocenters. The number of rotatable bonds is 7. The van der Waals surface area contributed by atoms with Crippen LogP contribution in [0.2, 0.25) is 0 Å². The molecule has 106 valence electrons. The molecule has 19 heavy (non-hydrogen) atoms. The van der Waals surface area contributed by atoms with Gasteiger partial charge in [0.1, 0.15) is 0 Å². The average Bonchev–Trinajstić information content (AvgIpc) is 2.89. The summed E-state index contributed by atoms with van der Waals surface area (Å²) in [5.41, 5.74) is 0.102. The highest BCUT2D eigenvalue weighted by Gasteiger charge is 2.37. The molecule has 0 aliphatic carbocycles. The van der Waals surface area contributed by atoms with Crippen LogP contribution >= 0.6 is 11.3 Å². The Morgan fingerprint density at radius 1 is 1.42 bits per heavy atom. The average molecular weight is 283 g/mol. The van der Waals surface area contributed by atoms with Gasteiger partial charge in [-0.2, -0.15) is 11.3 Å². The van der Waals surface area contributed by atoms with Crippen molar-refractivity contribution in [2.45, 2.75) is 46.1 Å². The lowest BCUT2D eigenvalue weighted by Gasteiger charge is -2.26. The molecule has 0 radical (unpaired) electrons. The van der Waals surface area contributed by atoms with Crippen molar-refractivity contribution in [1.82, 2.24) is 5.32 Å². The molecule has 0 saturated carbocycles. The highest BCUT2D eigenvalue weighted by molar-refractivity contribution is 7.07. The Kier molecular flexibility index (Phi) is 5.54. The predicted molar refractivity (Wildman–Crippen MR) is 76.1 cm³/mol. The van der Waals surface area contributed by atoms with Crippen molar-refractivity contribution in [1.29, 1.82) is 0 Å². The molecule has 1 heterocycles. The van der Waals surface area contributed by atoms with Gasteiger partial charge < -0.3 is 10.4 Å². The molecule has 0 spiro atoms. The molecule has 1 amide bonds. The fourth-order valence-electron chi connectivity index (χ4n) is 2.08. The van der Waals surface area contributed by atoms with E-state index >= 15 is 0 Å². The zero-order valence-corrected chi connectivity index (χ0v) is 12.4. The van der Waals surface area contributed by atoms with Crippen molar-refractivity contribution in [2.24, 2.45) is 5.41 Å². The van der Waals surface area contributed by atoms with Crippen LogP contribution in [0.25, 0.3) is 0 Å². The summed E-state index contributed by atoms with van der Waals surface area (Å²) in [6.45, 7) is 5.53. The van der Waals surface area contributed by atoms with Crippen molar-refractivity contribution < 1.29 is 14.7 Å². The van der Waals surface area contributed by atoms with Gasteiger partial charge in [0, 0.05) is 6.42 Å². The van der Waals surface area contributed by atoms with Gasteiger partial charge >= 0.3 is 5.97 Å². The van der Waals surface area contributed by atoms with E-state index in [1.807, 2.05) is 37.6 Å². The summed E-state index contributed by atoms with van der Waals surface area (Å²) in [6.07, 6.45) is 0.946. The second-order valence-corrected chi connectivity index (χ2v) is 5.60. The van der Waals surface area contributed by atoms with E-state index in [1.54, 1.807) is 11.3 Å². The van der Waals surface area contributed by atoms with Crippen LogP contribution in [0.15, 0.2) is 16.8 Å². The molecule has 1 atom stereocenters. The van der Waals surface area contributed by atoms with Gasteiger partial charge in [-0.3, -0.25) is 9.59 Å². The van der Waals surface area contributed by atoms with Crippen LogP contribution in [-0.2, 0) is 9.59 Å². The van der Waals surface area contributed by atoms with E-state index in [4.69, 9.17) is 0 Å². The molecular formula is C14H21NO3S. The Balaban J connectivity index is 2.66. The van der Waals surface area contributed by atoms with Gasteiger partial charge in [0.25, 0.3) is 0 Å². The van der Waals surface area contributed by atoms with Gasteiger partial charge in [0.2, 0.25) is 5.91 Å². The standard InChI is InChI=1S/C14H21NO3S/c1-4-14(5-2,13(17)18)8-12(16)15-10(3)11-6-7-19-9-11/h6-7,9-10H,4-5,8H2,1-3H3,(H,15,16)(H,17,18). The maximum absolute atomic E-state index is 12.0. The second-order valence-electron chi connectivity index (χ2n) is 4.82. The number of amides is 1. The third-order valence-electron chi connectivity index (χ3n) is 3.73. The number of aliphatic carboxylic acids is 1. The van der Waals surface area contributed by atoms with Gasteiger partial charge in [-0.1, -0.05) is 13.8 Å². The largest absolute Gasteiger partial charge is 0.481 e. The van der Waals surface area contributed by atoms with Gasteiger partial charge in [0.15, 0.2) is 0 Å². The summed E-state index contributed by atoms with van der Waals surface area (Å²) < 4.78 is 0. The van der Waals surface area contributed by atoms with Crippen molar-refractivity contribution >= 4 is 23.2 Å². The van der Waals surface area contributed by atoms with Crippen LogP contribution in [0, 0.1) is 5.41 Å². The van der Waals surface area contributed by atoms with E-state index in [2.05, 4.69) is 5.32 Å². The van der Waals surface area contributed by atoms with Crippen molar-refractivity contribution in [3.05, 3.63) is 22.4 Å². The molecule has 1 aromatic rings. The van der Waals surface area contributed by atoms with Gasteiger partial charge in [-0.25, -0.2) is 0 Å². The highest BCUT2D eigenvalue weighted by Crippen LogP contribution is 2.31. The third-order valence-corrected chi connectivity index (χ3v) is 4.43. The van der Waals surface area contributed by atoms with Crippen LogP contribution in [0.3, 0.4) is 0 Å². The van der Waals surface area contributed by atoms with Crippen molar-refractivity contribution in [3.63, 3.8) is 0 Å². The number of carboxylic acids is 1. The number of carboxylic acid groups (broad SMARTS) is 1. The van der Waals surface area contributed by atoms with Crippen LogP contribution in [-0.4, -0.2) is 17.0 Å². The van der Waals surface area contributed by atoms with E-state index in [1.165, 1.54) is 0 Å². The Morgan fingerprint density at radius 2 is 2.05 bits per heavy atom. The summed E-state index contributed by atoms with van der Waals surface area (Å²) >= 11 is 1.58. The topological polar surface area (TPSA) is 66.4 Å². The first-order valence-electron chi connectivity index (χ1n) is 6.50. The van der Waals surface area contributed by atoms with E-state index < -0.39 is 11.4 Å². The summed E-state index contributed by atoms with van der Waals surface area (Å²) in [4.78, 5) is 23.4. The molecular weight excluding hydrogens is 262 g/mol. The second kappa shape index (κ2) is 6.70. The molecule has 2 N–H and O–H groups in total. The number of nitrogens with one attached hydrogen (secondary N) is 1. The van der Waals surface area contributed by atoms with Crippen LogP contribution < -0.4 is 5.32 Å². The summed E-state index contributed by atoms with van der Waals surface area (Å²) in [5, 5.41) is 16.1. The van der Waals surface area contributed by atoms with E-state index in [9.17, 15) is 14.7 Å². The number of hydrogen-bond acceptors (Lipinski definition) is 3. The van der Waals surface area contributed by atoms with E-state index in [0.29, 0.717) is 12.8 Å². The Morgan fingerprint density at radius 3 is 2.47 bits per heavy atom. The first-order chi connectivity index (χ1) is 8.95. The van der Waals surface area contributed by atoms with Crippen LogP contribution in [0.5, 0.6) is 0 Å². The minimum absolute atomic E-state index is 0.0316. The molecule has 0 aromatic carbocycles. The van der Waals surface area contributed by atoms with Gasteiger partial charge in [0.05, 0.1) is 11.5 Å². The predicted octanol–water partition coefficient (Wildman–Crippen LogP) is 3.21. The lowest BCUT2D eigenvalue weighted by Crippen LogP contribution is -2.37. The zero-order valence-electron chi connectivity index (χ0n) is 11.6. The number of carbonyl (C=O) groups excluding carboxylic acids is 1. The maximum atomic E-state index is 12.0. The molecule has 0 aliphatic rings. The Bertz CT molecular complexity index is 424. The SMILES string of the molecule is CCC(CC)(CC(=O)NC(C)c1ccsc1)C(=O)O.